The molecule has 4 rings (SSSR count). The number of halogens is 2. The van der Waals surface area contributed by atoms with Gasteiger partial charge >= 0.3 is 0 Å². The maximum atomic E-state index is 14.4. The third-order valence-corrected chi connectivity index (χ3v) is 6.17. The number of nitrogens with one attached hydrogen (secondary N) is 1. The molecular formula is C23H25F2N3O3. The lowest BCUT2D eigenvalue weighted by Gasteiger charge is -2.43. The number of hydrogen-bond donors (Lipinski definition) is 1. The Morgan fingerprint density at radius 1 is 1.23 bits per heavy atom. The molecule has 1 spiro atoms. The van der Waals surface area contributed by atoms with Crippen molar-refractivity contribution in [3.8, 4) is 0 Å². The number of carbonyl (C=O) groups excluding carboxylic acids is 2. The Bertz CT molecular complexity index is 962. The second kappa shape index (κ2) is 8.70. The lowest BCUT2D eigenvalue weighted by molar-refractivity contribution is -0.128. The van der Waals surface area contributed by atoms with E-state index in [0.29, 0.717) is 30.5 Å². The summed E-state index contributed by atoms with van der Waals surface area (Å²) >= 11 is 0. The fraction of sp³-hybridized carbons (Fsp3) is 0.435. The second-order valence-corrected chi connectivity index (χ2v) is 8.29. The fourth-order valence-electron chi connectivity index (χ4n) is 4.37. The van der Waals surface area contributed by atoms with Gasteiger partial charge in [-0.2, -0.15) is 0 Å². The number of rotatable bonds is 4. The first-order valence-electron chi connectivity index (χ1n) is 10.5. The van der Waals surface area contributed by atoms with Gasteiger partial charge in [0.15, 0.2) is 0 Å². The van der Waals surface area contributed by atoms with Gasteiger partial charge in [0, 0.05) is 12.3 Å². The van der Waals surface area contributed by atoms with E-state index in [2.05, 4.69) is 17.2 Å². The first-order chi connectivity index (χ1) is 14.9. The Balaban J connectivity index is 1.61. The van der Waals surface area contributed by atoms with Crippen LogP contribution >= 0.6 is 0 Å². The normalized spacial score (nSPS) is 25.6. The number of carbonyl (C=O) groups is 2. The van der Waals surface area contributed by atoms with Crippen molar-refractivity contribution in [2.45, 2.75) is 50.9 Å². The number of amides is 2. The van der Waals surface area contributed by atoms with Crippen molar-refractivity contribution in [3.63, 3.8) is 0 Å². The Kier molecular flexibility index (Phi) is 6.00. The van der Waals surface area contributed by atoms with Gasteiger partial charge in [-0.15, -0.1) is 0 Å². The summed E-state index contributed by atoms with van der Waals surface area (Å²) in [6.07, 6.45) is 4.42. The minimum Gasteiger partial charge on any atom is -0.353 e. The Hall–Kier alpha value is -2.87. The van der Waals surface area contributed by atoms with E-state index >= 15 is 0 Å². The minimum atomic E-state index is -0.961. The molecule has 2 aromatic rings. The number of pyridine rings is 1. The van der Waals surface area contributed by atoms with Crippen LogP contribution in [-0.4, -0.2) is 40.1 Å². The molecule has 31 heavy (non-hydrogen) atoms. The predicted molar refractivity (Wildman–Crippen MR) is 109 cm³/mol. The zero-order chi connectivity index (χ0) is 22.0. The van der Waals surface area contributed by atoms with Crippen LogP contribution < -0.4 is 5.32 Å². The topological polar surface area (TPSA) is 71.5 Å². The van der Waals surface area contributed by atoms with E-state index in [0.717, 1.165) is 25.0 Å². The Labute approximate surface area is 179 Å². The van der Waals surface area contributed by atoms with Gasteiger partial charge in [0.1, 0.15) is 23.4 Å². The molecule has 1 aromatic heterocycles. The number of aromatic nitrogens is 1. The maximum Gasteiger partial charge on any atom is 0.259 e. The van der Waals surface area contributed by atoms with Gasteiger partial charge in [-0.1, -0.05) is 13.0 Å². The number of benzene rings is 1. The molecule has 2 aliphatic rings. The summed E-state index contributed by atoms with van der Waals surface area (Å²) in [4.78, 5) is 32.0. The van der Waals surface area contributed by atoms with Crippen molar-refractivity contribution in [2.75, 3.05) is 6.61 Å². The monoisotopic (exact) mass is 429 g/mol. The van der Waals surface area contributed by atoms with E-state index < -0.39 is 35.2 Å². The van der Waals surface area contributed by atoms with Crippen LogP contribution in [0.3, 0.4) is 0 Å². The van der Waals surface area contributed by atoms with Crippen LogP contribution in [-0.2, 0) is 16.1 Å². The smallest absolute Gasteiger partial charge is 0.259 e. The van der Waals surface area contributed by atoms with Crippen LogP contribution in [0.5, 0.6) is 0 Å². The summed E-state index contributed by atoms with van der Waals surface area (Å²) in [7, 11) is 0. The molecule has 1 saturated carbocycles. The highest BCUT2D eigenvalue weighted by Gasteiger charge is 2.53. The van der Waals surface area contributed by atoms with Gasteiger partial charge in [0.25, 0.3) is 5.91 Å². The van der Waals surface area contributed by atoms with Gasteiger partial charge < -0.3 is 10.1 Å². The van der Waals surface area contributed by atoms with Gasteiger partial charge in [-0.05, 0) is 55.9 Å². The van der Waals surface area contributed by atoms with Crippen LogP contribution in [0.2, 0.25) is 0 Å². The summed E-state index contributed by atoms with van der Waals surface area (Å²) in [6.45, 7) is 2.36. The van der Waals surface area contributed by atoms with Gasteiger partial charge in [-0.3, -0.25) is 19.5 Å². The summed E-state index contributed by atoms with van der Waals surface area (Å²) in [5.74, 6) is -2.30. The molecule has 1 atom stereocenters. The van der Waals surface area contributed by atoms with Crippen molar-refractivity contribution in [1.29, 1.82) is 0 Å². The van der Waals surface area contributed by atoms with Crippen molar-refractivity contribution < 1.29 is 23.1 Å². The molecule has 1 aromatic carbocycles. The highest BCUT2D eigenvalue weighted by molar-refractivity contribution is 5.98. The van der Waals surface area contributed by atoms with Crippen molar-refractivity contribution in [3.05, 3.63) is 65.5 Å². The molecular weight excluding hydrogens is 404 g/mol. The standard InChI is InChI=1S/C23H25F2N3O3/c1-15-7-9-23(10-8-15)28(22(30)18-6-5-16(24)12-19(18)25)20(14-31-23)21(29)27-13-17-4-2-3-11-26-17/h2-6,11-12,15,20H,7-10,13-14H2,1H3,(H,27,29). The highest BCUT2D eigenvalue weighted by atomic mass is 19.1. The molecule has 1 saturated heterocycles. The van der Waals surface area contributed by atoms with Crippen molar-refractivity contribution >= 4 is 11.8 Å². The first kappa shape index (κ1) is 21.4. The van der Waals surface area contributed by atoms with E-state index in [9.17, 15) is 18.4 Å². The molecule has 0 radical (unpaired) electrons. The average molecular weight is 429 g/mol. The maximum absolute atomic E-state index is 14.4. The molecule has 2 heterocycles. The average Bonchev–Trinajstić information content (AvgIpc) is 3.13. The number of hydrogen-bond acceptors (Lipinski definition) is 4. The molecule has 1 N–H and O–H groups in total. The molecule has 2 fully saturated rings. The molecule has 8 heteroatoms. The second-order valence-electron chi connectivity index (χ2n) is 8.29. The van der Waals surface area contributed by atoms with Gasteiger partial charge in [0.2, 0.25) is 5.91 Å². The summed E-state index contributed by atoms with van der Waals surface area (Å²) < 4.78 is 33.9. The number of nitrogens with zero attached hydrogens (tertiary/aromatic N) is 2. The Morgan fingerprint density at radius 2 is 2.00 bits per heavy atom. The summed E-state index contributed by atoms with van der Waals surface area (Å²) in [6, 6.07) is 7.31. The molecule has 6 nitrogen and oxygen atoms in total. The third-order valence-electron chi connectivity index (χ3n) is 6.17. The van der Waals surface area contributed by atoms with E-state index in [1.807, 2.05) is 6.07 Å². The lowest BCUT2D eigenvalue weighted by Crippen LogP contribution is -2.56. The molecule has 1 aliphatic heterocycles. The lowest BCUT2D eigenvalue weighted by atomic mass is 9.83. The van der Waals surface area contributed by atoms with Crippen LogP contribution in [0.25, 0.3) is 0 Å². The van der Waals surface area contributed by atoms with Crippen LogP contribution in [0.4, 0.5) is 8.78 Å². The van der Waals surface area contributed by atoms with Crippen LogP contribution in [0, 0.1) is 17.6 Å². The van der Waals surface area contributed by atoms with E-state index in [-0.39, 0.29) is 18.7 Å². The third kappa shape index (κ3) is 4.30. The molecule has 164 valence electrons. The van der Waals surface area contributed by atoms with Crippen molar-refractivity contribution in [2.24, 2.45) is 5.92 Å². The number of ether oxygens (including phenoxy) is 1. The van der Waals surface area contributed by atoms with Gasteiger partial charge in [0.05, 0.1) is 24.4 Å². The zero-order valence-corrected chi connectivity index (χ0v) is 17.3. The zero-order valence-electron chi connectivity index (χ0n) is 17.3. The van der Waals surface area contributed by atoms with E-state index in [1.54, 1.807) is 18.3 Å². The highest BCUT2D eigenvalue weighted by Crippen LogP contribution is 2.43. The molecule has 2 amide bonds. The predicted octanol–water partition coefficient (Wildman–Crippen LogP) is 3.42. The summed E-state index contributed by atoms with van der Waals surface area (Å²) in [5.41, 5.74) is -0.553. The molecule has 1 aliphatic carbocycles. The van der Waals surface area contributed by atoms with Gasteiger partial charge in [-0.25, -0.2) is 8.78 Å². The quantitative estimate of drug-likeness (QED) is 0.809. The summed E-state index contributed by atoms with van der Waals surface area (Å²) in [5, 5.41) is 2.80. The minimum absolute atomic E-state index is 0.0248. The molecule has 1 unspecified atom stereocenters. The van der Waals surface area contributed by atoms with E-state index in [4.69, 9.17) is 4.74 Å². The fourth-order valence-corrected chi connectivity index (χ4v) is 4.37. The largest absolute Gasteiger partial charge is 0.353 e. The van der Waals surface area contributed by atoms with Crippen LogP contribution in [0.15, 0.2) is 42.6 Å². The van der Waals surface area contributed by atoms with Crippen molar-refractivity contribution in [1.82, 2.24) is 15.2 Å². The van der Waals surface area contributed by atoms with Crippen LogP contribution in [0.1, 0.15) is 48.7 Å². The SMILES string of the molecule is CC1CCC2(CC1)OCC(C(=O)NCc1ccccn1)N2C(=O)c1ccc(F)cc1F. The Morgan fingerprint density at radius 3 is 2.68 bits per heavy atom. The van der Waals surface area contributed by atoms with E-state index in [1.165, 1.54) is 4.90 Å². The molecule has 0 bridgehead atoms. The first-order valence-corrected chi connectivity index (χ1v) is 10.5.